The summed E-state index contributed by atoms with van der Waals surface area (Å²) >= 11 is 0. The number of esters is 1. The Morgan fingerprint density at radius 3 is 1.65 bits per heavy atom. The van der Waals surface area contributed by atoms with E-state index in [1.165, 1.54) is 77.0 Å². The number of hydrogen-bond acceptors (Lipinski definition) is 8. The van der Waals surface area contributed by atoms with Crippen LogP contribution in [0.2, 0.25) is 0 Å². The molecule has 3 unspecified atom stereocenters. The summed E-state index contributed by atoms with van der Waals surface area (Å²) in [5.41, 5.74) is 0. The standard InChI is InChI=1S/C41H77O9P/c1-3-5-7-9-11-13-15-17-19-20-22-24-26-28-30-32-34-47-37-40(38-49-51(45,46)48-36-39(43)35-42)50-41(44)33-31-29-27-25-23-21-18-16-14-12-10-8-6-4-2/h10,12,16-19,39-40,42-43H,3-9,11,13-15,20-38H2,1-2H3,(H,45,46)/b12-10-,18-16-,19-17-. The summed E-state index contributed by atoms with van der Waals surface area (Å²) in [6.45, 7) is 3.44. The molecule has 9 nitrogen and oxygen atoms in total. The van der Waals surface area contributed by atoms with Gasteiger partial charge in [0, 0.05) is 13.0 Å². The minimum Gasteiger partial charge on any atom is -0.457 e. The number of carbonyl (C=O) groups excluding carboxylic acids is 1. The predicted octanol–water partition coefficient (Wildman–Crippen LogP) is 10.9. The van der Waals surface area contributed by atoms with E-state index in [-0.39, 0.29) is 19.6 Å². The lowest BCUT2D eigenvalue weighted by molar-refractivity contribution is -0.154. The Balaban J connectivity index is 4.23. The molecule has 0 fully saturated rings. The zero-order chi connectivity index (χ0) is 37.5. The quantitative estimate of drug-likeness (QED) is 0.0243. The van der Waals surface area contributed by atoms with Crippen LogP contribution in [0.25, 0.3) is 0 Å². The van der Waals surface area contributed by atoms with Gasteiger partial charge in [-0.05, 0) is 64.2 Å². The van der Waals surface area contributed by atoms with Crippen LogP contribution in [0, 0.1) is 0 Å². The first kappa shape index (κ1) is 49.7. The molecule has 0 aromatic carbocycles. The molecular weight excluding hydrogens is 667 g/mol. The molecule has 0 amide bonds. The molecule has 10 heteroatoms. The maximum absolute atomic E-state index is 12.6. The fraction of sp³-hybridized carbons (Fsp3) is 0.829. The third-order valence-electron chi connectivity index (χ3n) is 8.55. The summed E-state index contributed by atoms with van der Waals surface area (Å²) in [5, 5.41) is 18.3. The lowest BCUT2D eigenvalue weighted by atomic mass is 10.1. The first-order valence-corrected chi connectivity index (χ1v) is 22.0. The highest BCUT2D eigenvalue weighted by Crippen LogP contribution is 2.43. The van der Waals surface area contributed by atoms with Gasteiger partial charge in [0.15, 0.2) is 0 Å². The molecular formula is C41H77O9P. The number of allylic oxidation sites excluding steroid dienone is 6. The zero-order valence-electron chi connectivity index (χ0n) is 32.6. The second-order valence-electron chi connectivity index (χ2n) is 13.6. The molecule has 0 saturated heterocycles. The Morgan fingerprint density at radius 1 is 0.608 bits per heavy atom. The maximum atomic E-state index is 12.6. The van der Waals surface area contributed by atoms with Crippen molar-refractivity contribution in [3.05, 3.63) is 36.5 Å². The number of rotatable bonds is 39. The van der Waals surface area contributed by atoms with E-state index < -0.39 is 39.2 Å². The van der Waals surface area contributed by atoms with Crippen LogP contribution in [0.5, 0.6) is 0 Å². The Morgan fingerprint density at radius 2 is 1.08 bits per heavy atom. The van der Waals surface area contributed by atoms with E-state index in [1.54, 1.807) is 0 Å². The molecule has 0 aromatic heterocycles. The molecule has 0 bridgehead atoms. The van der Waals surface area contributed by atoms with Crippen LogP contribution in [0.1, 0.15) is 174 Å². The topological polar surface area (TPSA) is 132 Å². The number of aliphatic hydroxyl groups excluding tert-OH is 2. The summed E-state index contributed by atoms with van der Waals surface area (Å²) in [5.74, 6) is -0.399. The van der Waals surface area contributed by atoms with Crippen molar-refractivity contribution in [2.45, 2.75) is 187 Å². The van der Waals surface area contributed by atoms with E-state index >= 15 is 0 Å². The predicted molar refractivity (Wildman–Crippen MR) is 210 cm³/mol. The molecule has 0 spiro atoms. The van der Waals surface area contributed by atoms with E-state index in [4.69, 9.17) is 23.6 Å². The van der Waals surface area contributed by atoms with Gasteiger partial charge in [0.2, 0.25) is 0 Å². The molecule has 3 N–H and O–H groups in total. The number of ether oxygens (including phenoxy) is 2. The highest BCUT2D eigenvalue weighted by Gasteiger charge is 2.26. The monoisotopic (exact) mass is 745 g/mol. The highest BCUT2D eigenvalue weighted by molar-refractivity contribution is 7.47. The molecule has 0 aliphatic rings. The van der Waals surface area contributed by atoms with Crippen LogP contribution in [0.4, 0.5) is 0 Å². The van der Waals surface area contributed by atoms with E-state index in [9.17, 15) is 19.4 Å². The summed E-state index contributed by atoms with van der Waals surface area (Å²) < 4.78 is 33.3. The van der Waals surface area contributed by atoms with Crippen LogP contribution in [-0.4, -0.2) is 66.3 Å². The van der Waals surface area contributed by atoms with E-state index in [1.807, 2.05) is 0 Å². The lowest BCUT2D eigenvalue weighted by Gasteiger charge is -2.20. The number of carbonyl (C=O) groups is 1. The average Bonchev–Trinajstić information content (AvgIpc) is 3.12. The van der Waals surface area contributed by atoms with Crippen LogP contribution in [0.3, 0.4) is 0 Å². The van der Waals surface area contributed by atoms with E-state index in [0.717, 1.165) is 70.6 Å². The number of phosphoric ester groups is 1. The van der Waals surface area contributed by atoms with Gasteiger partial charge < -0.3 is 24.6 Å². The van der Waals surface area contributed by atoms with E-state index in [0.29, 0.717) is 13.0 Å². The van der Waals surface area contributed by atoms with Gasteiger partial charge in [-0.15, -0.1) is 0 Å². The largest absolute Gasteiger partial charge is 0.472 e. The third kappa shape index (κ3) is 38.2. The Kier molecular flexibility index (Phi) is 37.4. The first-order chi connectivity index (χ1) is 24.8. The molecule has 0 rings (SSSR count). The molecule has 0 saturated carbocycles. The summed E-state index contributed by atoms with van der Waals surface area (Å²) in [4.78, 5) is 22.5. The van der Waals surface area contributed by atoms with Crippen molar-refractivity contribution in [3.8, 4) is 0 Å². The summed E-state index contributed by atoms with van der Waals surface area (Å²) in [7, 11) is -4.52. The maximum Gasteiger partial charge on any atom is 0.472 e. The summed E-state index contributed by atoms with van der Waals surface area (Å²) in [6, 6.07) is 0. The van der Waals surface area contributed by atoms with Gasteiger partial charge in [-0.2, -0.15) is 0 Å². The van der Waals surface area contributed by atoms with Crippen molar-refractivity contribution < 1.29 is 43.0 Å². The van der Waals surface area contributed by atoms with Gasteiger partial charge in [-0.1, -0.05) is 140 Å². The lowest BCUT2D eigenvalue weighted by Crippen LogP contribution is -2.29. The van der Waals surface area contributed by atoms with Crippen LogP contribution in [0.15, 0.2) is 36.5 Å². The number of unbranched alkanes of at least 4 members (excludes halogenated alkanes) is 19. The van der Waals surface area contributed by atoms with Gasteiger partial charge in [-0.3, -0.25) is 13.8 Å². The van der Waals surface area contributed by atoms with Crippen molar-refractivity contribution in [2.75, 3.05) is 33.0 Å². The molecule has 0 heterocycles. The second kappa shape index (κ2) is 38.4. The number of aliphatic hydroxyl groups is 2. The van der Waals surface area contributed by atoms with Crippen molar-refractivity contribution in [2.24, 2.45) is 0 Å². The van der Waals surface area contributed by atoms with Gasteiger partial charge >= 0.3 is 13.8 Å². The average molecular weight is 745 g/mol. The molecule has 0 radical (unpaired) electrons. The van der Waals surface area contributed by atoms with Crippen molar-refractivity contribution in [1.29, 1.82) is 0 Å². The molecule has 0 aliphatic carbocycles. The fourth-order valence-corrected chi connectivity index (χ4v) is 6.16. The molecule has 3 atom stereocenters. The van der Waals surface area contributed by atoms with Crippen LogP contribution in [-0.2, 0) is 27.9 Å². The number of hydrogen-bond donors (Lipinski definition) is 3. The smallest absolute Gasteiger partial charge is 0.457 e. The molecule has 0 aromatic rings. The fourth-order valence-electron chi connectivity index (χ4n) is 5.37. The molecule has 300 valence electrons. The van der Waals surface area contributed by atoms with Crippen molar-refractivity contribution in [1.82, 2.24) is 0 Å². The Labute approximate surface area is 312 Å². The van der Waals surface area contributed by atoms with Crippen molar-refractivity contribution in [3.63, 3.8) is 0 Å². The number of phosphoric acid groups is 1. The SMILES string of the molecule is CCCC/C=C\C/C=C\CCCCCCCC(=O)OC(COCCCCCCCC/C=C\CCCCCCCC)COP(=O)(O)OCC(O)CO. The second-order valence-corrected chi connectivity index (χ2v) is 15.1. The van der Waals surface area contributed by atoms with E-state index in [2.05, 4.69) is 50.3 Å². The molecule has 0 aliphatic heterocycles. The van der Waals surface area contributed by atoms with Crippen molar-refractivity contribution >= 4 is 13.8 Å². The Hall–Kier alpha value is -1.32. The van der Waals surface area contributed by atoms with Gasteiger partial charge in [0.25, 0.3) is 0 Å². The zero-order valence-corrected chi connectivity index (χ0v) is 33.5. The van der Waals surface area contributed by atoms with Gasteiger partial charge in [-0.25, -0.2) is 4.57 Å². The first-order valence-electron chi connectivity index (χ1n) is 20.5. The Bertz CT molecular complexity index is 892. The minimum absolute atomic E-state index is 0.0398. The summed E-state index contributed by atoms with van der Waals surface area (Å²) in [6.07, 6.45) is 39.5. The van der Waals surface area contributed by atoms with Crippen LogP contribution < -0.4 is 0 Å². The minimum atomic E-state index is -4.52. The van der Waals surface area contributed by atoms with Crippen LogP contribution >= 0.6 is 7.82 Å². The van der Waals surface area contributed by atoms with Gasteiger partial charge in [0.05, 0.1) is 26.4 Å². The molecule has 51 heavy (non-hydrogen) atoms. The highest BCUT2D eigenvalue weighted by atomic mass is 31.2. The third-order valence-corrected chi connectivity index (χ3v) is 9.50. The normalized spacial score (nSPS) is 14.5. The van der Waals surface area contributed by atoms with Gasteiger partial charge in [0.1, 0.15) is 12.2 Å².